The van der Waals surface area contributed by atoms with Crippen molar-refractivity contribution >= 4 is 7.60 Å². The van der Waals surface area contributed by atoms with Gasteiger partial charge in [-0.3, -0.25) is 9.46 Å². The van der Waals surface area contributed by atoms with Gasteiger partial charge in [0, 0.05) is 0 Å². The van der Waals surface area contributed by atoms with Crippen LogP contribution >= 0.6 is 7.60 Å². The molecule has 0 aliphatic heterocycles. The van der Waals surface area contributed by atoms with Crippen LogP contribution in [-0.4, -0.2) is 37.5 Å². The molecular weight excluding hydrogens is 417 g/mol. The maximum Gasteiger partial charge on any atom is 0.344 e. The molecule has 0 aromatic rings. The molecule has 0 saturated heterocycles. The van der Waals surface area contributed by atoms with Crippen LogP contribution in [0.5, 0.6) is 0 Å². The Kier molecular flexibility index (Phi) is 24.3. The Balaban J connectivity index is 4.75. The van der Waals surface area contributed by atoms with Gasteiger partial charge in [-0.25, -0.2) is 0 Å². The van der Waals surface area contributed by atoms with Gasteiger partial charge in [0.05, 0.1) is 13.2 Å². The summed E-state index contributed by atoms with van der Waals surface area (Å²) in [4.78, 5) is 2.38. The fourth-order valence-electron chi connectivity index (χ4n) is 3.96. The molecule has 4 nitrogen and oxygen atoms in total. The van der Waals surface area contributed by atoms with Crippen LogP contribution in [0, 0.1) is 0 Å². The Hall–Kier alpha value is 0.110. The monoisotopic (exact) mass is 475 g/mol. The van der Waals surface area contributed by atoms with Gasteiger partial charge in [-0.15, -0.1) is 0 Å². The molecule has 0 aromatic carbocycles. The third kappa shape index (κ3) is 20.7. The maximum atomic E-state index is 13.7. The van der Waals surface area contributed by atoms with E-state index in [1.807, 2.05) is 0 Å². The van der Waals surface area contributed by atoms with Crippen LogP contribution < -0.4 is 0 Å². The van der Waals surface area contributed by atoms with Crippen molar-refractivity contribution in [2.24, 2.45) is 0 Å². The van der Waals surface area contributed by atoms with Crippen LogP contribution in [0.25, 0.3) is 0 Å². The highest BCUT2D eigenvalue weighted by atomic mass is 31.2. The highest BCUT2D eigenvalue weighted by Crippen LogP contribution is 2.49. The predicted octanol–water partition coefficient (Wildman–Crippen LogP) is 9.57. The van der Waals surface area contributed by atoms with Gasteiger partial charge in [0.2, 0.25) is 0 Å². The standard InChI is InChI=1S/C27H58NO3P/c1-5-9-13-17-21-25-30-32(29,31-26-22-18-14-10-6-2)27-28(23-19-15-11-7-3)24-20-16-12-8-4/h5-27H2,1-4H3. The van der Waals surface area contributed by atoms with E-state index in [2.05, 4.69) is 32.6 Å². The van der Waals surface area contributed by atoms with Crippen molar-refractivity contribution in [3.63, 3.8) is 0 Å². The van der Waals surface area contributed by atoms with E-state index in [9.17, 15) is 4.57 Å². The van der Waals surface area contributed by atoms with Crippen molar-refractivity contribution in [3.8, 4) is 0 Å². The molecule has 0 radical (unpaired) electrons. The average molecular weight is 476 g/mol. The van der Waals surface area contributed by atoms with E-state index >= 15 is 0 Å². The first-order valence-corrected chi connectivity index (χ1v) is 15.9. The van der Waals surface area contributed by atoms with Crippen LogP contribution in [0.2, 0.25) is 0 Å². The van der Waals surface area contributed by atoms with E-state index in [0.717, 1.165) is 38.8 Å². The molecular formula is C27H58NO3P. The highest BCUT2D eigenvalue weighted by molar-refractivity contribution is 7.53. The minimum atomic E-state index is -3.07. The normalized spacial score (nSPS) is 12.2. The first kappa shape index (κ1) is 32.1. The molecule has 194 valence electrons. The van der Waals surface area contributed by atoms with E-state index in [0.29, 0.717) is 19.5 Å². The minimum Gasteiger partial charge on any atom is -0.308 e. The molecule has 0 saturated carbocycles. The molecule has 0 N–H and O–H groups in total. The van der Waals surface area contributed by atoms with Crippen LogP contribution in [0.4, 0.5) is 0 Å². The van der Waals surface area contributed by atoms with Crippen LogP contribution in [0.15, 0.2) is 0 Å². The molecule has 5 heteroatoms. The Labute approximate surface area is 202 Å². The number of nitrogens with zero attached hydrogens (tertiary/aromatic N) is 1. The fraction of sp³-hybridized carbons (Fsp3) is 1.00. The van der Waals surface area contributed by atoms with Crippen LogP contribution in [0.3, 0.4) is 0 Å². The summed E-state index contributed by atoms with van der Waals surface area (Å²) in [6.07, 6.45) is 22.2. The largest absolute Gasteiger partial charge is 0.344 e. The van der Waals surface area contributed by atoms with E-state index in [1.165, 1.54) is 89.9 Å². The van der Waals surface area contributed by atoms with Gasteiger partial charge in [-0.05, 0) is 38.8 Å². The van der Waals surface area contributed by atoms with Gasteiger partial charge in [0.25, 0.3) is 0 Å². The van der Waals surface area contributed by atoms with Crippen molar-refractivity contribution in [3.05, 3.63) is 0 Å². The van der Waals surface area contributed by atoms with Gasteiger partial charge in [0.1, 0.15) is 6.29 Å². The quantitative estimate of drug-likeness (QED) is 0.0922. The van der Waals surface area contributed by atoms with E-state index in [4.69, 9.17) is 9.05 Å². The van der Waals surface area contributed by atoms with Crippen molar-refractivity contribution in [1.29, 1.82) is 0 Å². The maximum absolute atomic E-state index is 13.7. The molecule has 0 aromatic heterocycles. The molecule has 32 heavy (non-hydrogen) atoms. The third-order valence-electron chi connectivity index (χ3n) is 6.10. The molecule has 0 aliphatic rings. The number of unbranched alkanes of at least 4 members (excludes halogenated alkanes) is 14. The Morgan fingerprint density at radius 1 is 0.500 bits per heavy atom. The molecule has 0 atom stereocenters. The summed E-state index contributed by atoms with van der Waals surface area (Å²) in [5, 5.41) is 0. The summed E-state index contributed by atoms with van der Waals surface area (Å²) >= 11 is 0. The lowest BCUT2D eigenvalue weighted by Crippen LogP contribution is -2.28. The molecule has 0 aliphatic carbocycles. The number of hydrogen-bond donors (Lipinski definition) is 0. The second kappa shape index (κ2) is 24.2. The molecule has 0 unspecified atom stereocenters. The minimum absolute atomic E-state index is 0.467. The Bertz CT molecular complexity index is 388. The molecule has 0 fully saturated rings. The van der Waals surface area contributed by atoms with Crippen molar-refractivity contribution in [2.45, 2.75) is 143 Å². The topological polar surface area (TPSA) is 38.8 Å². The molecule has 0 rings (SSSR count). The van der Waals surface area contributed by atoms with E-state index < -0.39 is 7.60 Å². The van der Waals surface area contributed by atoms with Crippen molar-refractivity contribution in [2.75, 3.05) is 32.6 Å². The molecule has 0 amide bonds. The molecule has 0 spiro atoms. The van der Waals surface area contributed by atoms with Gasteiger partial charge < -0.3 is 9.05 Å². The first-order chi connectivity index (χ1) is 15.6. The van der Waals surface area contributed by atoms with Gasteiger partial charge in [-0.1, -0.05) is 118 Å². The lowest BCUT2D eigenvalue weighted by Gasteiger charge is -2.27. The second-order valence-corrected chi connectivity index (χ2v) is 11.5. The van der Waals surface area contributed by atoms with Gasteiger partial charge >= 0.3 is 7.60 Å². The Morgan fingerprint density at radius 2 is 0.844 bits per heavy atom. The zero-order chi connectivity index (χ0) is 23.8. The zero-order valence-corrected chi connectivity index (χ0v) is 23.3. The van der Waals surface area contributed by atoms with Crippen molar-refractivity contribution in [1.82, 2.24) is 4.90 Å². The summed E-state index contributed by atoms with van der Waals surface area (Å²) in [5.74, 6) is 0. The fourth-order valence-corrected chi connectivity index (χ4v) is 5.79. The van der Waals surface area contributed by atoms with Crippen LogP contribution in [0.1, 0.15) is 143 Å². The smallest absolute Gasteiger partial charge is 0.308 e. The van der Waals surface area contributed by atoms with E-state index in [1.54, 1.807) is 0 Å². The first-order valence-electron chi connectivity index (χ1n) is 14.2. The summed E-state index contributed by atoms with van der Waals surface area (Å²) < 4.78 is 25.7. The van der Waals surface area contributed by atoms with E-state index in [-0.39, 0.29) is 0 Å². The number of rotatable bonds is 26. The van der Waals surface area contributed by atoms with Gasteiger partial charge in [-0.2, -0.15) is 0 Å². The summed E-state index contributed by atoms with van der Waals surface area (Å²) in [7, 11) is -3.07. The SMILES string of the molecule is CCCCCCCOP(=O)(CN(CCCCCC)CCCCCC)OCCCCCCC. The lowest BCUT2D eigenvalue weighted by atomic mass is 10.2. The average Bonchev–Trinajstić information content (AvgIpc) is 2.79. The van der Waals surface area contributed by atoms with Crippen LogP contribution in [-0.2, 0) is 13.6 Å². The van der Waals surface area contributed by atoms with Crippen molar-refractivity contribution < 1.29 is 13.6 Å². The summed E-state index contributed by atoms with van der Waals surface area (Å²) in [6, 6.07) is 0. The second-order valence-electron chi connectivity index (χ2n) is 9.49. The number of hydrogen-bond acceptors (Lipinski definition) is 4. The third-order valence-corrected chi connectivity index (χ3v) is 8.00. The Morgan fingerprint density at radius 3 is 1.22 bits per heavy atom. The predicted molar refractivity (Wildman–Crippen MR) is 142 cm³/mol. The summed E-state index contributed by atoms with van der Waals surface area (Å²) in [6.45, 7) is 12.1. The summed E-state index contributed by atoms with van der Waals surface area (Å²) in [5.41, 5.74) is 0. The zero-order valence-electron chi connectivity index (χ0n) is 22.4. The molecule has 0 bridgehead atoms. The molecule has 0 heterocycles. The highest BCUT2D eigenvalue weighted by Gasteiger charge is 2.27. The van der Waals surface area contributed by atoms with Gasteiger partial charge in [0.15, 0.2) is 0 Å². The lowest BCUT2D eigenvalue weighted by molar-refractivity contribution is 0.176.